The number of amides is 2. The highest BCUT2D eigenvalue weighted by Gasteiger charge is 2.25. The van der Waals surface area contributed by atoms with Crippen molar-refractivity contribution < 1.29 is 9.59 Å². The molecule has 1 aromatic heterocycles. The van der Waals surface area contributed by atoms with Crippen LogP contribution in [0.15, 0.2) is 36.5 Å². The zero-order chi connectivity index (χ0) is 16.2. The zero-order valence-corrected chi connectivity index (χ0v) is 13.1. The Labute approximate surface area is 134 Å². The number of para-hydroxylation sites is 1. The molecule has 1 saturated heterocycles. The molecule has 120 valence electrons. The van der Waals surface area contributed by atoms with Crippen molar-refractivity contribution in [3.63, 3.8) is 0 Å². The van der Waals surface area contributed by atoms with E-state index in [1.807, 2.05) is 31.2 Å². The molecule has 1 fully saturated rings. The highest BCUT2D eigenvalue weighted by Crippen LogP contribution is 2.29. The van der Waals surface area contributed by atoms with Crippen LogP contribution < -0.4 is 10.6 Å². The predicted octanol–water partition coefficient (Wildman–Crippen LogP) is 2.50. The highest BCUT2D eigenvalue weighted by atomic mass is 16.2. The van der Waals surface area contributed by atoms with E-state index in [-0.39, 0.29) is 17.9 Å². The third kappa shape index (κ3) is 3.26. The molecule has 2 aromatic rings. The number of rotatable bonds is 5. The lowest BCUT2D eigenvalue weighted by molar-refractivity contribution is -0.119. The van der Waals surface area contributed by atoms with Crippen molar-refractivity contribution in [3.8, 4) is 0 Å². The van der Waals surface area contributed by atoms with Crippen LogP contribution in [0, 0.1) is 0 Å². The number of carbonyl (C=O) groups excluding carboxylic acids is 2. The lowest BCUT2D eigenvalue weighted by Crippen LogP contribution is -2.22. The van der Waals surface area contributed by atoms with E-state index in [1.54, 1.807) is 16.9 Å². The van der Waals surface area contributed by atoms with Gasteiger partial charge < -0.3 is 10.6 Å². The Morgan fingerprint density at radius 3 is 2.96 bits per heavy atom. The van der Waals surface area contributed by atoms with Crippen LogP contribution in [0.5, 0.6) is 0 Å². The number of nitrogens with one attached hydrogen (secondary N) is 2. The van der Waals surface area contributed by atoms with Crippen LogP contribution >= 0.6 is 0 Å². The Balaban J connectivity index is 1.81. The molecule has 6 heteroatoms. The van der Waals surface area contributed by atoms with Crippen LogP contribution in [0.1, 0.15) is 48.3 Å². The molecule has 23 heavy (non-hydrogen) atoms. The fraction of sp³-hybridized carbons (Fsp3) is 0.353. The predicted molar refractivity (Wildman–Crippen MR) is 87.0 cm³/mol. The zero-order valence-electron chi connectivity index (χ0n) is 13.1. The van der Waals surface area contributed by atoms with Gasteiger partial charge in [-0.2, -0.15) is 5.10 Å². The smallest absolute Gasteiger partial charge is 0.273 e. The summed E-state index contributed by atoms with van der Waals surface area (Å²) in [5.41, 5.74) is 2.21. The van der Waals surface area contributed by atoms with Crippen molar-refractivity contribution in [3.05, 3.63) is 47.8 Å². The molecule has 1 atom stereocenters. The fourth-order valence-electron chi connectivity index (χ4n) is 2.86. The van der Waals surface area contributed by atoms with Gasteiger partial charge in [-0.1, -0.05) is 25.1 Å². The van der Waals surface area contributed by atoms with Gasteiger partial charge in [0.05, 0.1) is 6.04 Å². The number of benzene rings is 1. The molecule has 0 aliphatic carbocycles. The minimum atomic E-state index is -0.187. The van der Waals surface area contributed by atoms with Crippen molar-refractivity contribution in [1.29, 1.82) is 0 Å². The van der Waals surface area contributed by atoms with E-state index in [2.05, 4.69) is 15.7 Å². The second-order valence-corrected chi connectivity index (χ2v) is 5.64. The Hall–Kier alpha value is -2.63. The lowest BCUT2D eigenvalue weighted by Gasteiger charge is -2.16. The minimum absolute atomic E-state index is 0.0421. The summed E-state index contributed by atoms with van der Waals surface area (Å²) in [5, 5.41) is 10.1. The van der Waals surface area contributed by atoms with E-state index in [1.165, 1.54) is 0 Å². The first kappa shape index (κ1) is 15.3. The van der Waals surface area contributed by atoms with Gasteiger partial charge in [0.2, 0.25) is 5.91 Å². The monoisotopic (exact) mass is 312 g/mol. The number of nitrogens with zero attached hydrogens (tertiary/aromatic N) is 2. The number of hydrogen-bond donors (Lipinski definition) is 2. The molecule has 2 heterocycles. The van der Waals surface area contributed by atoms with Crippen molar-refractivity contribution in [2.75, 3.05) is 5.32 Å². The number of anilines is 1. The average Bonchev–Trinajstić information content (AvgIpc) is 3.17. The van der Waals surface area contributed by atoms with Gasteiger partial charge >= 0.3 is 0 Å². The van der Waals surface area contributed by atoms with Crippen molar-refractivity contribution in [2.24, 2.45) is 0 Å². The first-order chi connectivity index (χ1) is 11.2. The van der Waals surface area contributed by atoms with Gasteiger partial charge in [0.25, 0.3) is 5.91 Å². The quantitative estimate of drug-likeness (QED) is 0.890. The van der Waals surface area contributed by atoms with E-state index in [4.69, 9.17) is 0 Å². The maximum Gasteiger partial charge on any atom is 0.273 e. The third-order valence-corrected chi connectivity index (χ3v) is 3.96. The third-order valence-electron chi connectivity index (χ3n) is 3.96. The van der Waals surface area contributed by atoms with Crippen molar-refractivity contribution in [1.82, 2.24) is 15.1 Å². The molecule has 2 amide bonds. The fourth-order valence-corrected chi connectivity index (χ4v) is 2.86. The largest absolute Gasteiger partial charge is 0.349 e. The summed E-state index contributed by atoms with van der Waals surface area (Å²) in [4.78, 5) is 24.0. The number of carbonyl (C=O) groups is 2. The Morgan fingerprint density at radius 2 is 2.22 bits per heavy atom. The van der Waals surface area contributed by atoms with Crippen LogP contribution in [0.3, 0.4) is 0 Å². The molecule has 1 aliphatic rings. The Kier molecular flexibility index (Phi) is 4.41. The van der Waals surface area contributed by atoms with Crippen molar-refractivity contribution >= 4 is 17.5 Å². The van der Waals surface area contributed by atoms with Gasteiger partial charge in [-0.05, 0) is 30.5 Å². The maximum absolute atomic E-state index is 12.5. The molecule has 0 radical (unpaired) electrons. The molecule has 6 nitrogen and oxygen atoms in total. The molecule has 1 aromatic carbocycles. The van der Waals surface area contributed by atoms with Gasteiger partial charge in [0.15, 0.2) is 0 Å². The van der Waals surface area contributed by atoms with E-state index in [0.717, 1.165) is 24.1 Å². The number of hydrogen-bond acceptors (Lipinski definition) is 3. The van der Waals surface area contributed by atoms with E-state index in [0.29, 0.717) is 18.7 Å². The summed E-state index contributed by atoms with van der Waals surface area (Å²) in [6, 6.07) is 9.26. The number of aromatic nitrogens is 2. The van der Waals surface area contributed by atoms with E-state index < -0.39 is 0 Å². The van der Waals surface area contributed by atoms with E-state index in [9.17, 15) is 9.59 Å². The van der Waals surface area contributed by atoms with Gasteiger partial charge in [0, 0.05) is 24.8 Å². The lowest BCUT2D eigenvalue weighted by atomic mass is 10.0. The minimum Gasteiger partial charge on any atom is -0.349 e. The van der Waals surface area contributed by atoms with Crippen LogP contribution in [0.2, 0.25) is 0 Å². The second kappa shape index (κ2) is 6.64. The summed E-state index contributed by atoms with van der Waals surface area (Å²) in [5.74, 6) is -0.134. The van der Waals surface area contributed by atoms with Gasteiger partial charge in [0.1, 0.15) is 5.69 Å². The first-order valence-corrected chi connectivity index (χ1v) is 7.90. The molecule has 0 bridgehead atoms. The SMILES string of the molecule is CCCn1nccc1C(=O)Nc1ccccc1C1CCC(=O)N1. The summed E-state index contributed by atoms with van der Waals surface area (Å²) >= 11 is 0. The molecule has 1 aliphatic heterocycles. The summed E-state index contributed by atoms with van der Waals surface area (Å²) in [6.07, 6.45) is 3.82. The first-order valence-electron chi connectivity index (χ1n) is 7.90. The van der Waals surface area contributed by atoms with Crippen LogP contribution in [-0.4, -0.2) is 21.6 Å². The molecule has 0 spiro atoms. The summed E-state index contributed by atoms with van der Waals surface area (Å²) in [7, 11) is 0. The molecule has 2 N–H and O–H groups in total. The molecular weight excluding hydrogens is 292 g/mol. The van der Waals surface area contributed by atoms with Crippen LogP contribution in [0.25, 0.3) is 0 Å². The van der Waals surface area contributed by atoms with Crippen LogP contribution in [-0.2, 0) is 11.3 Å². The van der Waals surface area contributed by atoms with Gasteiger partial charge in [-0.25, -0.2) is 0 Å². The normalized spacial score (nSPS) is 17.1. The molecule has 0 saturated carbocycles. The van der Waals surface area contributed by atoms with Gasteiger partial charge in [-0.3, -0.25) is 14.3 Å². The summed E-state index contributed by atoms with van der Waals surface area (Å²) in [6.45, 7) is 2.75. The Bertz CT molecular complexity index is 723. The second-order valence-electron chi connectivity index (χ2n) is 5.64. The van der Waals surface area contributed by atoms with Crippen molar-refractivity contribution in [2.45, 2.75) is 38.8 Å². The van der Waals surface area contributed by atoms with E-state index >= 15 is 0 Å². The standard InChI is InChI=1S/C17H20N4O2/c1-2-11-21-15(9-10-18-21)17(23)20-13-6-4-3-5-12(13)14-7-8-16(22)19-14/h3-6,9-10,14H,2,7-8,11H2,1H3,(H,19,22)(H,20,23). The Morgan fingerprint density at radius 1 is 1.39 bits per heavy atom. The average molecular weight is 312 g/mol. The summed E-state index contributed by atoms with van der Waals surface area (Å²) < 4.78 is 1.70. The molecule has 3 rings (SSSR count). The molecule has 1 unspecified atom stereocenters. The highest BCUT2D eigenvalue weighted by molar-refractivity contribution is 6.03. The number of aryl methyl sites for hydroxylation is 1. The maximum atomic E-state index is 12.5. The van der Waals surface area contributed by atoms with Gasteiger partial charge in [-0.15, -0.1) is 0 Å². The van der Waals surface area contributed by atoms with Crippen LogP contribution in [0.4, 0.5) is 5.69 Å². The topological polar surface area (TPSA) is 76.0 Å². The molecular formula is C17H20N4O2.